The Morgan fingerprint density at radius 1 is 1.22 bits per heavy atom. The number of benzene rings is 1. The van der Waals surface area contributed by atoms with E-state index in [9.17, 15) is 14.9 Å². The summed E-state index contributed by atoms with van der Waals surface area (Å²) >= 11 is 0. The number of rotatable bonds is 3. The van der Waals surface area contributed by atoms with Crippen molar-refractivity contribution < 1.29 is 14.5 Å². The van der Waals surface area contributed by atoms with Gasteiger partial charge in [-0.2, -0.15) is 0 Å². The fraction of sp³-hybridized carbons (Fsp3) is 0.562. The number of nitrogens with zero attached hydrogens (tertiary/aromatic N) is 3. The molecule has 1 amide bonds. The minimum atomic E-state index is -0.408. The second kappa shape index (κ2) is 6.44. The van der Waals surface area contributed by atoms with Crippen LogP contribution in [-0.4, -0.2) is 49.0 Å². The summed E-state index contributed by atoms with van der Waals surface area (Å²) in [6.07, 6.45) is 0. The van der Waals surface area contributed by atoms with Crippen LogP contribution in [-0.2, 0) is 4.79 Å². The van der Waals surface area contributed by atoms with Crippen molar-refractivity contribution in [3.05, 3.63) is 28.3 Å². The number of nitro benzene ring substituents is 1. The first-order chi connectivity index (χ1) is 10.7. The van der Waals surface area contributed by atoms with Crippen molar-refractivity contribution in [1.29, 1.82) is 0 Å². The van der Waals surface area contributed by atoms with E-state index in [1.165, 1.54) is 13.2 Å². The third kappa shape index (κ3) is 3.72. The molecule has 1 aromatic rings. The molecule has 0 unspecified atom stereocenters. The highest BCUT2D eigenvalue weighted by atomic mass is 16.6. The van der Waals surface area contributed by atoms with E-state index in [2.05, 4.69) is 0 Å². The monoisotopic (exact) mass is 321 g/mol. The van der Waals surface area contributed by atoms with Crippen molar-refractivity contribution in [3.63, 3.8) is 0 Å². The van der Waals surface area contributed by atoms with Crippen LogP contribution >= 0.6 is 0 Å². The number of nitro groups is 1. The molecule has 2 rings (SSSR count). The predicted octanol–water partition coefficient (Wildman–Crippen LogP) is 2.30. The summed E-state index contributed by atoms with van der Waals surface area (Å²) in [7, 11) is 1.48. The van der Waals surface area contributed by atoms with E-state index in [-0.39, 0.29) is 11.6 Å². The molecule has 0 atom stereocenters. The number of hydrogen-bond donors (Lipinski definition) is 0. The molecular weight excluding hydrogens is 298 g/mol. The maximum Gasteiger partial charge on any atom is 0.296 e. The van der Waals surface area contributed by atoms with Gasteiger partial charge < -0.3 is 14.5 Å². The summed E-state index contributed by atoms with van der Waals surface area (Å²) in [6.45, 7) is 7.99. The van der Waals surface area contributed by atoms with Gasteiger partial charge in [0, 0.05) is 31.6 Å². The lowest BCUT2D eigenvalue weighted by Crippen LogP contribution is -2.51. The first kappa shape index (κ1) is 17.1. The predicted molar refractivity (Wildman–Crippen MR) is 87.9 cm³/mol. The van der Waals surface area contributed by atoms with Gasteiger partial charge in [0.05, 0.1) is 18.1 Å². The lowest BCUT2D eigenvalue weighted by atomic mass is 9.94. The molecule has 0 N–H and O–H groups in total. The molecule has 0 radical (unpaired) electrons. The summed E-state index contributed by atoms with van der Waals surface area (Å²) in [5.41, 5.74) is 0.187. The Labute approximate surface area is 136 Å². The number of ether oxygens (including phenoxy) is 1. The van der Waals surface area contributed by atoms with E-state index < -0.39 is 10.3 Å². The van der Waals surface area contributed by atoms with Gasteiger partial charge in [-0.15, -0.1) is 0 Å². The average Bonchev–Trinajstić information content (AvgIpc) is 2.52. The molecule has 7 heteroatoms. The van der Waals surface area contributed by atoms with Gasteiger partial charge in [0.15, 0.2) is 0 Å². The van der Waals surface area contributed by atoms with Crippen molar-refractivity contribution >= 4 is 17.3 Å². The molecule has 0 bridgehead atoms. The minimum absolute atomic E-state index is 0.0277. The molecule has 1 saturated heterocycles. The molecule has 0 saturated carbocycles. The van der Waals surface area contributed by atoms with Crippen LogP contribution in [0.5, 0.6) is 5.75 Å². The maximum absolute atomic E-state index is 12.3. The highest BCUT2D eigenvalue weighted by Crippen LogP contribution is 2.33. The quantitative estimate of drug-likeness (QED) is 0.631. The van der Waals surface area contributed by atoms with Crippen molar-refractivity contribution in [2.24, 2.45) is 5.41 Å². The lowest BCUT2D eigenvalue weighted by molar-refractivity contribution is -0.384. The van der Waals surface area contributed by atoms with Crippen molar-refractivity contribution in [2.75, 3.05) is 38.2 Å². The topological polar surface area (TPSA) is 75.9 Å². The lowest BCUT2D eigenvalue weighted by Gasteiger charge is -2.38. The van der Waals surface area contributed by atoms with E-state index in [1.807, 2.05) is 30.6 Å². The number of carbonyl (C=O) groups excluding carboxylic acids is 1. The standard InChI is InChI=1S/C16H23N3O4/c1-16(2,3)15(20)18-9-7-17(8-10-18)13-6-5-12(23-4)11-14(13)19(21)22/h5-6,11H,7-10H2,1-4H3. The van der Waals surface area contributed by atoms with Gasteiger partial charge in [0.1, 0.15) is 11.4 Å². The van der Waals surface area contributed by atoms with Crippen LogP contribution in [0.4, 0.5) is 11.4 Å². The number of hydrogen-bond acceptors (Lipinski definition) is 5. The second-order valence-electron chi connectivity index (χ2n) is 6.64. The minimum Gasteiger partial charge on any atom is -0.496 e. The summed E-state index contributed by atoms with van der Waals surface area (Å²) in [5.74, 6) is 0.573. The Kier molecular flexibility index (Phi) is 4.77. The van der Waals surface area contributed by atoms with Gasteiger partial charge in [0.25, 0.3) is 5.69 Å². The van der Waals surface area contributed by atoms with Crippen LogP contribution in [0, 0.1) is 15.5 Å². The molecule has 0 spiro atoms. The zero-order chi connectivity index (χ0) is 17.2. The number of carbonyl (C=O) groups is 1. The number of methoxy groups -OCH3 is 1. The van der Waals surface area contributed by atoms with Crippen LogP contribution in [0.3, 0.4) is 0 Å². The van der Waals surface area contributed by atoms with Gasteiger partial charge in [-0.25, -0.2) is 0 Å². The molecule has 0 aliphatic carbocycles. The molecule has 7 nitrogen and oxygen atoms in total. The van der Waals surface area contributed by atoms with E-state index in [0.717, 1.165) is 0 Å². The van der Waals surface area contributed by atoms with Gasteiger partial charge >= 0.3 is 0 Å². The van der Waals surface area contributed by atoms with Crippen LogP contribution < -0.4 is 9.64 Å². The maximum atomic E-state index is 12.3. The van der Waals surface area contributed by atoms with Crippen LogP contribution in [0.15, 0.2) is 18.2 Å². The third-order valence-electron chi connectivity index (χ3n) is 3.93. The number of anilines is 1. The molecular formula is C16H23N3O4. The number of amides is 1. The summed E-state index contributed by atoms with van der Waals surface area (Å²) in [4.78, 5) is 27.0. The van der Waals surface area contributed by atoms with E-state index in [0.29, 0.717) is 37.6 Å². The number of piperazine rings is 1. The van der Waals surface area contributed by atoms with Gasteiger partial charge in [-0.3, -0.25) is 14.9 Å². The van der Waals surface area contributed by atoms with Crippen LogP contribution in [0.2, 0.25) is 0 Å². The van der Waals surface area contributed by atoms with Crippen LogP contribution in [0.1, 0.15) is 20.8 Å². The molecule has 1 aliphatic heterocycles. The summed E-state index contributed by atoms with van der Waals surface area (Å²) in [6, 6.07) is 4.86. The van der Waals surface area contributed by atoms with E-state index in [4.69, 9.17) is 4.74 Å². The third-order valence-corrected chi connectivity index (χ3v) is 3.93. The highest BCUT2D eigenvalue weighted by molar-refractivity contribution is 5.82. The summed E-state index contributed by atoms with van der Waals surface area (Å²) in [5, 5.41) is 11.3. The Morgan fingerprint density at radius 3 is 2.30 bits per heavy atom. The first-order valence-electron chi connectivity index (χ1n) is 7.61. The molecule has 0 aromatic heterocycles. The molecule has 1 aliphatic rings. The first-order valence-corrected chi connectivity index (χ1v) is 7.61. The van der Waals surface area contributed by atoms with Crippen molar-refractivity contribution in [3.8, 4) is 5.75 Å². The van der Waals surface area contributed by atoms with Gasteiger partial charge in [-0.05, 0) is 12.1 Å². The fourth-order valence-electron chi connectivity index (χ4n) is 2.67. The van der Waals surface area contributed by atoms with Crippen molar-refractivity contribution in [2.45, 2.75) is 20.8 Å². The zero-order valence-electron chi connectivity index (χ0n) is 14.0. The van der Waals surface area contributed by atoms with Crippen LogP contribution in [0.25, 0.3) is 0 Å². The Hall–Kier alpha value is -2.31. The smallest absolute Gasteiger partial charge is 0.296 e. The molecule has 126 valence electrons. The summed E-state index contributed by atoms with van der Waals surface area (Å²) < 4.78 is 5.06. The van der Waals surface area contributed by atoms with E-state index >= 15 is 0 Å². The molecule has 1 fully saturated rings. The molecule has 1 heterocycles. The molecule has 23 heavy (non-hydrogen) atoms. The van der Waals surface area contributed by atoms with Gasteiger partial charge in [0.2, 0.25) is 5.91 Å². The SMILES string of the molecule is COc1ccc(N2CCN(C(=O)C(C)(C)C)CC2)c([N+](=O)[O-])c1. The fourth-order valence-corrected chi connectivity index (χ4v) is 2.67. The van der Waals surface area contributed by atoms with Crippen molar-refractivity contribution in [1.82, 2.24) is 4.90 Å². The van der Waals surface area contributed by atoms with Gasteiger partial charge in [-0.1, -0.05) is 20.8 Å². The Morgan fingerprint density at radius 2 is 1.83 bits per heavy atom. The molecule has 1 aromatic carbocycles. The average molecular weight is 321 g/mol. The van der Waals surface area contributed by atoms with E-state index in [1.54, 1.807) is 12.1 Å². The Bertz CT molecular complexity index is 602. The zero-order valence-corrected chi connectivity index (χ0v) is 14.0. The normalized spacial score (nSPS) is 15.5. The largest absolute Gasteiger partial charge is 0.496 e. The second-order valence-corrected chi connectivity index (χ2v) is 6.64. The Balaban J connectivity index is 2.14. The highest BCUT2D eigenvalue weighted by Gasteiger charge is 2.31.